The van der Waals surface area contributed by atoms with Gasteiger partial charge in [0.15, 0.2) is 0 Å². The molecule has 0 aliphatic heterocycles. The summed E-state index contributed by atoms with van der Waals surface area (Å²) < 4.78 is 0. The van der Waals surface area contributed by atoms with Gasteiger partial charge < -0.3 is 0 Å². The van der Waals surface area contributed by atoms with Crippen molar-refractivity contribution in [3.05, 3.63) is 0 Å². The molecule has 0 bridgehead atoms. The van der Waals surface area contributed by atoms with Crippen molar-refractivity contribution in [2.24, 2.45) is 5.41 Å². The first-order valence-corrected chi connectivity index (χ1v) is 4.48. The Morgan fingerprint density at radius 3 is 2.00 bits per heavy atom. The Morgan fingerprint density at radius 1 is 1.10 bits per heavy atom. The zero-order valence-electron chi connectivity index (χ0n) is 7.21. The van der Waals surface area contributed by atoms with Crippen molar-refractivity contribution < 1.29 is 0 Å². The second-order valence-corrected chi connectivity index (χ2v) is 5.52. The van der Waals surface area contributed by atoms with Gasteiger partial charge in [-0.15, -0.1) is 11.6 Å². The molecule has 1 unspecified atom stereocenters. The van der Waals surface area contributed by atoms with E-state index >= 15 is 0 Å². The van der Waals surface area contributed by atoms with E-state index in [1.807, 2.05) is 0 Å². The highest BCUT2D eigenvalue weighted by Gasteiger charge is 2.34. The minimum absolute atomic E-state index is 0.0851. The summed E-state index contributed by atoms with van der Waals surface area (Å²) in [6.45, 7) is 6.79. The van der Waals surface area contributed by atoms with Gasteiger partial charge in [-0.2, -0.15) is 0 Å². The van der Waals surface area contributed by atoms with Crippen molar-refractivity contribution in [3.63, 3.8) is 0 Å². The third-order valence-corrected chi connectivity index (χ3v) is 2.72. The summed E-state index contributed by atoms with van der Waals surface area (Å²) in [4.78, 5) is 0.0851. The molecule has 0 spiro atoms. The van der Waals surface area contributed by atoms with Crippen molar-refractivity contribution in [1.82, 2.24) is 0 Å². The van der Waals surface area contributed by atoms with Crippen LogP contribution in [-0.2, 0) is 0 Å². The van der Waals surface area contributed by atoms with Gasteiger partial charge >= 0.3 is 0 Å². The van der Waals surface area contributed by atoms with E-state index in [1.165, 1.54) is 25.7 Å². The lowest BCUT2D eigenvalue weighted by molar-refractivity contribution is 0.207. The van der Waals surface area contributed by atoms with Gasteiger partial charge in [0, 0.05) is 4.87 Å². The van der Waals surface area contributed by atoms with E-state index in [-0.39, 0.29) is 4.87 Å². The monoisotopic (exact) mass is 160 g/mol. The fourth-order valence-corrected chi connectivity index (χ4v) is 2.61. The topological polar surface area (TPSA) is 0 Å². The third kappa shape index (κ3) is 2.16. The fraction of sp³-hybridized carbons (Fsp3) is 1.00. The Balaban J connectivity index is 2.56. The summed E-state index contributed by atoms with van der Waals surface area (Å²) in [5.74, 6) is 0. The van der Waals surface area contributed by atoms with Crippen molar-refractivity contribution in [1.29, 1.82) is 0 Å². The number of rotatable bonds is 0. The van der Waals surface area contributed by atoms with E-state index in [0.29, 0.717) is 5.41 Å². The van der Waals surface area contributed by atoms with Crippen LogP contribution in [0.15, 0.2) is 0 Å². The molecule has 0 amide bonds. The normalized spacial score (nSPS) is 39.6. The second-order valence-electron chi connectivity index (χ2n) is 4.61. The van der Waals surface area contributed by atoms with Crippen LogP contribution in [0.3, 0.4) is 0 Å². The average Bonchev–Trinajstić information content (AvgIpc) is 1.56. The number of hydrogen-bond donors (Lipinski definition) is 0. The smallest absolute Gasteiger partial charge is 0.0423 e. The molecule has 1 saturated carbocycles. The quantitative estimate of drug-likeness (QED) is 0.476. The van der Waals surface area contributed by atoms with Crippen molar-refractivity contribution in [3.8, 4) is 0 Å². The van der Waals surface area contributed by atoms with Gasteiger partial charge in [0.2, 0.25) is 0 Å². The third-order valence-electron chi connectivity index (χ3n) is 2.40. The first-order valence-electron chi connectivity index (χ1n) is 4.10. The molecule has 10 heavy (non-hydrogen) atoms. The molecule has 1 aliphatic rings. The zero-order chi connectivity index (χ0) is 7.83. The summed E-state index contributed by atoms with van der Waals surface area (Å²) in [6, 6.07) is 0. The van der Waals surface area contributed by atoms with Crippen LogP contribution in [0.1, 0.15) is 46.5 Å². The molecule has 0 radical (unpaired) electrons. The SMILES string of the molecule is CC1(C)CCCC(C)(Cl)C1. The lowest BCUT2D eigenvalue weighted by Crippen LogP contribution is -2.31. The molecule has 0 nitrogen and oxygen atoms in total. The summed E-state index contributed by atoms with van der Waals surface area (Å²) in [5.41, 5.74) is 0.481. The molecule has 1 aliphatic carbocycles. The molecule has 60 valence electrons. The van der Waals surface area contributed by atoms with Gasteiger partial charge in [0.05, 0.1) is 0 Å². The van der Waals surface area contributed by atoms with Crippen LogP contribution in [0.2, 0.25) is 0 Å². The van der Waals surface area contributed by atoms with E-state index < -0.39 is 0 Å². The van der Waals surface area contributed by atoms with E-state index in [2.05, 4.69) is 20.8 Å². The molecule has 0 N–H and O–H groups in total. The molecule has 1 atom stereocenters. The molecule has 0 aromatic carbocycles. The Kier molecular flexibility index (Phi) is 2.02. The van der Waals surface area contributed by atoms with Crippen LogP contribution in [0.25, 0.3) is 0 Å². The largest absolute Gasteiger partial charge is 0.120 e. The van der Waals surface area contributed by atoms with Crippen molar-refractivity contribution in [2.45, 2.75) is 51.3 Å². The number of hydrogen-bond acceptors (Lipinski definition) is 0. The summed E-state index contributed by atoms with van der Waals surface area (Å²) in [6.07, 6.45) is 5.00. The molecular formula is C9H17Cl. The van der Waals surface area contributed by atoms with E-state index in [1.54, 1.807) is 0 Å². The molecular weight excluding hydrogens is 144 g/mol. The highest BCUT2D eigenvalue weighted by atomic mass is 35.5. The zero-order valence-corrected chi connectivity index (χ0v) is 7.96. The highest BCUT2D eigenvalue weighted by Crippen LogP contribution is 2.43. The van der Waals surface area contributed by atoms with Crippen LogP contribution in [0.4, 0.5) is 0 Å². The van der Waals surface area contributed by atoms with Crippen LogP contribution >= 0.6 is 11.6 Å². The van der Waals surface area contributed by atoms with Crippen LogP contribution in [0.5, 0.6) is 0 Å². The van der Waals surface area contributed by atoms with Gasteiger partial charge in [-0.1, -0.05) is 20.3 Å². The predicted molar refractivity (Wildman–Crippen MR) is 46.5 cm³/mol. The molecule has 0 aromatic heterocycles. The number of halogens is 1. The average molecular weight is 161 g/mol. The molecule has 0 saturated heterocycles. The maximum absolute atomic E-state index is 6.26. The van der Waals surface area contributed by atoms with E-state index in [0.717, 1.165) is 0 Å². The Labute approximate surface area is 69.0 Å². The lowest BCUT2D eigenvalue weighted by Gasteiger charge is -2.38. The summed E-state index contributed by atoms with van der Waals surface area (Å²) in [5, 5.41) is 0. The fourth-order valence-electron chi connectivity index (χ4n) is 2.11. The van der Waals surface area contributed by atoms with Gasteiger partial charge in [-0.3, -0.25) is 0 Å². The van der Waals surface area contributed by atoms with Crippen LogP contribution in [-0.4, -0.2) is 4.87 Å². The van der Waals surface area contributed by atoms with Crippen LogP contribution < -0.4 is 0 Å². The van der Waals surface area contributed by atoms with Gasteiger partial charge in [0.1, 0.15) is 0 Å². The standard InChI is InChI=1S/C9H17Cl/c1-8(2)5-4-6-9(3,10)7-8/h4-7H2,1-3H3. The number of alkyl halides is 1. The van der Waals surface area contributed by atoms with Crippen molar-refractivity contribution >= 4 is 11.6 Å². The molecule has 0 heterocycles. The first kappa shape index (κ1) is 8.39. The molecule has 1 heteroatoms. The van der Waals surface area contributed by atoms with Gasteiger partial charge in [-0.25, -0.2) is 0 Å². The Hall–Kier alpha value is 0.290. The minimum Gasteiger partial charge on any atom is -0.120 e. The maximum Gasteiger partial charge on any atom is 0.0423 e. The maximum atomic E-state index is 6.26. The summed E-state index contributed by atoms with van der Waals surface area (Å²) in [7, 11) is 0. The summed E-state index contributed by atoms with van der Waals surface area (Å²) >= 11 is 6.26. The Morgan fingerprint density at radius 2 is 1.70 bits per heavy atom. The Bertz CT molecular complexity index is 111. The minimum atomic E-state index is 0.0851. The lowest BCUT2D eigenvalue weighted by atomic mass is 9.72. The van der Waals surface area contributed by atoms with E-state index in [4.69, 9.17) is 11.6 Å². The van der Waals surface area contributed by atoms with Crippen LogP contribution in [0, 0.1) is 5.41 Å². The first-order chi connectivity index (χ1) is 4.41. The molecule has 1 fully saturated rings. The highest BCUT2D eigenvalue weighted by molar-refractivity contribution is 6.23. The molecule has 1 rings (SSSR count). The predicted octanol–water partition coefficient (Wildman–Crippen LogP) is 3.58. The molecule has 0 aromatic rings. The second kappa shape index (κ2) is 2.41. The van der Waals surface area contributed by atoms with E-state index in [9.17, 15) is 0 Å². The van der Waals surface area contributed by atoms with Crippen molar-refractivity contribution in [2.75, 3.05) is 0 Å². The van der Waals surface area contributed by atoms with Gasteiger partial charge in [0.25, 0.3) is 0 Å². The van der Waals surface area contributed by atoms with Gasteiger partial charge in [-0.05, 0) is 31.6 Å².